The highest BCUT2D eigenvalue weighted by Crippen LogP contribution is 2.31. The van der Waals surface area contributed by atoms with Crippen molar-refractivity contribution in [3.05, 3.63) is 35.9 Å². The predicted molar refractivity (Wildman–Crippen MR) is 209 cm³/mol. The Morgan fingerprint density at radius 3 is 2.14 bits per heavy atom. The summed E-state index contributed by atoms with van der Waals surface area (Å²) in [6, 6.07) is 6.36. The molecule has 0 spiro atoms. The molecule has 314 valence electrons. The highest BCUT2D eigenvalue weighted by molar-refractivity contribution is 5.93. The van der Waals surface area contributed by atoms with Crippen LogP contribution in [0.1, 0.15) is 118 Å². The molecular formula is C41H65N5O10. The number of hydrogen-bond acceptors (Lipinski definition) is 9. The second kappa shape index (κ2) is 21.8. The van der Waals surface area contributed by atoms with Crippen LogP contribution in [0.3, 0.4) is 0 Å². The number of carbonyl (C=O) groups excluding carboxylic acids is 5. The molecule has 15 heteroatoms. The van der Waals surface area contributed by atoms with E-state index in [9.17, 15) is 39.0 Å². The number of carboxylic acid groups (broad SMARTS) is 1. The van der Waals surface area contributed by atoms with Crippen LogP contribution in [0.15, 0.2) is 30.3 Å². The molecule has 1 aliphatic heterocycles. The SMILES string of the molecule is CC(C)(C)OC(=O)NCCCC[C@H](NC(=O)[C@@H]1CCCN1C(=O)[C@@H](CC1CCCCC1)N(CC(=O)O)C(=O)OC(C)(C)C)C(O)C(=O)NCCc1ccccc1. The van der Waals surface area contributed by atoms with Gasteiger partial charge in [0.15, 0.2) is 6.10 Å². The molecule has 56 heavy (non-hydrogen) atoms. The maximum atomic E-state index is 14.5. The smallest absolute Gasteiger partial charge is 0.411 e. The molecule has 2 fully saturated rings. The number of nitrogens with zero attached hydrogens (tertiary/aromatic N) is 2. The number of aliphatic hydroxyl groups is 1. The number of aliphatic carboxylic acids is 1. The zero-order valence-corrected chi connectivity index (χ0v) is 34.1. The summed E-state index contributed by atoms with van der Waals surface area (Å²) in [5, 5.41) is 29.4. The number of hydrogen-bond donors (Lipinski definition) is 5. The van der Waals surface area contributed by atoms with Crippen molar-refractivity contribution in [2.45, 2.75) is 154 Å². The second-order valence-electron chi connectivity index (χ2n) is 17.0. The van der Waals surface area contributed by atoms with Crippen molar-refractivity contribution in [1.29, 1.82) is 0 Å². The number of unbranched alkanes of at least 4 members (excludes halogenated alkanes) is 1. The molecule has 1 unspecified atom stereocenters. The lowest BCUT2D eigenvalue weighted by Gasteiger charge is -2.37. The number of aliphatic hydroxyl groups excluding tert-OH is 1. The Hall–Kier alpha value is -4.40. The van der Waals surface area contributed by atoms with Crippen LogP contribution in [0.2, 0.25) is 0 Å². The van der Waals surface area contributed by atoms with Crippen molar-refractivity contribution < 1.29 is 48.5 Å². The van der Waals surface area contributed by atoms with Gasteiger partial charge >= 0.3 is 18.2 Å². The predicted octanol–water partition coefficient (Wildman–Crippen LogP) is 4.54. The van der Waals surface area contributed by atoms with E-state index in [1.807, 2.05) is 30.3 Å². The molecule has 1 heterocycles. The molecule has 1 saturated heterocycles. The van der Waals surface area contributed by atoms with Crippen molar-refractivity contribution in [2.75, 3.05) is 26.2 Å². The first-order valence-electron chi connectivity index (χ1n) is 20.1. The van der Waals surface area contributed by atoms with E-state index >= 15 is 0 Å². The first-order chi connectivity index (χ1) is 26.3. The third-order valence-corrected chi connectivity index (χ3v) is 9.86. The number of rotatable bonds is 18. The van der Waals surface area contributed by atoms with E-state index in [0.717, 1.165) is 42.6 Å². The average Bonchev–Trinajstić information content (AvgIpc) is 3.61. The number of benzene rings is 1. The van der Waals surface area contributed by atoms with E-state index in [0.29, 0.717) is 32.1 Å². The van der Waals surface area contributed by atoms with Crippen LogP contribution in [-0.4, -0.2) is 118 Å². The molecule has 0 radical (unpaired) electrons. The van der Waals surface area contributed by atoms with Gasteiger partial charge in [0.25, 0.3) is 5.91 Å². The van der Waals surface area contributed by atoms with Crippen LogP contribution >= 0.6 is 0 Å². The lowest BCUT2D eigenvalue weighted by molar-refractivity contribution is -0.147. The van der Waals surface area contributed by atoms with Crippen LogP contribution in [0, 0.1) is 5.92 Å². The van der Waals surface area contributed by atoms with Gasteiger partial charge in [-0.3, -0.25) is 24.1 Å². The minimum atomic E-state index is -1.61. The summed E-state index contributed by atoms with van der Waals surface area (Å²) in [5.74, 6) is -2.98. The van der Waals surface area contributed by atoms with Crippen molar-refractivity contribution >= 4 is 35.9 Å². The number of nitrogens with one attached hydrogen (secondary N) is 3. The Balaban J connectivity index is 1.79. The summed E-state index contributed by atoms with van der Waals surface area (Å²) in [6.07, 6.45) is 4.19. The van der Waals surface area contributed by atoms with Gasteiger partial charge in [0.2, 0.25) is 11.8 Å². The zero-order chi connectivity index (χ0) is 41.5. The number of carbonyl (C=O) groups is 6. The Morgan fingerprint density at radius 2 is 1.52 bits per heavy atom. The molecule has 3 rings (SSSR count). The lowest BCUT2D eigenvalue weighted by Crippen LogP contribution is -2.58. The molecule has 0 bridgehead atoms. The molecule has 0 aromatic heterocycles. The third kappa shape index (κ3) is 16.0. The van der Waals surface area contributed by atoms with Crippen LogP contribution in [0.25, 0.3) is 0 Å². The number of amides is 5. The normalized spacial score (nSPS) is 17.9. The highest BCUT2D eigenvalue weighted by Gasteiger charge is 2.43. The molecule has 5 N–H and O–H groups in total. The van der Waals surface area contributed by atoms with E-state index < -0.39 is 77.9 Å². The minimum Gasteiger partial charge on any atom is -0.480 e. The van der Waals surface area contributed by atoms with Crippen molar-refractivity contribution in [3.8, 4) is 0 Å². The Morgan fingerprint density at radius 1 is 0.857 bits per heavy atom. The summed E-state index contributed by atoms with van der Waals surface area (Å²) in [6.45, 7) is 10.2. The van der Waals surface area contributed by atoms with E-state index in [1.165, 1.54) is 4.90 Å². The molecular weight excluding hydrogens is 722 g/mol. The summed E-state index contributed by atoms with van der Waals surface area (Å²) >= 11 is 0. The number of ether oxygens (including phenoxy) is 2. The molecule has 15 nitrogen and oxygen atoms in total. The number of likely N-dealkylation sites (tertiary alicyclic amines) is 1. The Bertz CT molecular complexity index is 1450. The van der Waals surface area contributed by atoms with Gasteiger partial charge in [0.1, 0.15) is 29.8 Å². The monoisotopic (exact) mass is 787 g/mol. The molecule has 5 amide bonds. The Kier molecular flexibility index (Phi) is 17.9. The van der Waals surface area contributed by atoms with Crippen molar-refractivity contribution in [3.63, 3.8) is 0 Å². The third-order valence-electron chi connectivity index (χ3n) is 9.86. The van der Waals surface area contributed by atoms with Crippen LogP contribution in [-0.2, 0) is 35.1 Å². The maximum Gasteiger partial charge on any atom is 0.411 e. The fourth-order valence-electron chi connectivity index (χ4n) is 7.21. The molecule has 1 aliphatic carbocycles. The fourth-order valence-corrected chi connectivity index (χ4v) is 7.21. The largest absolute Gasteiger partial charge is 0.480 e. The second-order valence-corrected chi connectivity index (χ2v) is 17.0. The van der Waals surface area contributed by atoms with E-state index in [4.69, 9.17) is 9.47 Å². The molecule has 2 aliphatic rings. The summed E-state index contributed by atoms with van der Waals surface area (Å²) < 4.78 is 10.9. The van der Waals surface area contributed by atoms with Gasteiger partial charge < -0.3 is 40.5 Å². The van der Waals surface area contributed by atoms with Gasteiger partial charge in [0.05, 0.1) is 6.04 Å². The summed E-state index contributed by atoms with van der Waals surface area (Å²) in [7, 11) is 0. The standard InChI is InChI=1S/C41H65N5O10/c1-40(2,3)55-38(53)43-23-14-13-20-30(34(49)36(51)42-24-22-28-16-9-7-10-17-28)44-35(50)31-21-15-25-45(31)37(52)32(26-29-18-11-8-12-19-29)46(27-33(47)48)39(54)56-41(4,5)6/h7,9-10,16-17,29-32,34,49H,8,11-15,18-27H2,1-6H3,(H,42,51)(H,43,53)(H,44,50)(H,47,48)/t30-,31-,32+,34?/m0/s1. The van der Waals surface area contributed by atoms with Gasteiger partial charge in [-0.1, -0.05) is 62.4 Å². The van der Waals surface area contributed by atoms with Gasteiger partial charge in [-0.05, 0) is 98.0 Å². The fraction of sp³-hybridized carbons (Fsp3) is 0.707. The van der Waals surface area contributed by atoms with Gasteiger partial charge in [-0.25, -0.2) is 9.59 Å². The lowest BCUT2D eigenvalue weighted by atomic mass is 9.84. The van der Waals surface area contributed by atoms with Gasteiger partial charge in [-0.15, -0.1) is 0 Å². The first kappa shape index (κ1) is 46.0. The van der Waals surface area contributed by atoms with Gasteiger partial charge in [0, 0.05) is 19.6 Å². The Labute approximate surface area is 331 Å². The number of alkyl carbamates (subject to hydrolysis) is 1. The summed E-state index contributed by atoms with van der Waals surface area (Å²) in [5.41, 5.74) is -0.601. The van der Waals surface area contributed by atoms with Crippen LogP contribution in [0.5, 0.6) is 0 Å². The van der Waals surface area contributed by atoms with Crippen molar-refractivity contribution in [1.82, 2.24) is 25.8 Å². The minimum absolute atomic E-state index is 0.0797. The number of carboxylic acids is 1. The molecule has 1 aromatic carbocycles. The van der Waals surface area contributed by atoms with Gasteiger partial charge in [-0.2, -0.15) is 0 Å². The summed E-state index contributed by atoms with van der Waals surface area (Å²) in [4.78, 5) is 81.9. The van der Waals surface area contributed by atoms with E-state index in [-0.39, 0.29) is 38.4 Å². The van der Waals surface area contributed by atoms with Crippen LogP contribution < -0.4 is 16.0 Å². The molecule has 4 atom stereocenters. The van der Waals surface area contributed by atoms with E-state index in [2.05, 4.69) is 16.0 Å². The first-order valence-corrected chi connectivity index (χ1v) is 20.1. The van der Waals surface area contributed by atoms with E-state index in [1.54, 1.807) is 41.5 Å². The topological polar surface area (TPSA) is 204 Å². The average molecular weight is 788 g/mol. The highest BCUT2D eigenvalue weighted by atomic mass is 16.6. The molecule has 1 aromatic rings. The maximum absolute atomic E-state index is 14.5. The molecule has 1 saturated carbocycles. The zero-order valence-electron chi connectivity index (χ0n) is 34.1. The van der Waals surface area contributed by atoms with Crippen LogP contribution in [0.4, 0.5) is 9.59 Å². The van der Waals surface area contributed by atoms with Crippen molar-refractivity contribution in [2.24, 2.45) is 5.92 Å². The quantitative estimate of drug-likeness (QED) is 0.132.